The Labute approximate surface area is 182 Å². The number of carboxylic acid groups (broad SMARTS) is 1. The van der Waals surface area contributed by atoms with Crippen molar-refractivity contribution >= 4 is 17.9 Å². The van der Waals surface area contributed by atoms with Crippen molar-refractivity contribution < 1.29 is 24.6 Å². The van der Waals surface area contributed by atoms with E-state index >= 15 is 0 Å². The number of hydrogen-bond acceptors (Lipinski definition) is 4. The molecule has 1 aromatic rings. The number of hydrogen-bond donors (Lipinski definition) is 3. The summed E-state index contributed by atoms with van der Waals surface area (Å²) in [7, 11) is 0. The van der Waals surface area contributed by atoms with Crippen LogP contribution in [0.4, 0.5) is 4.79 Å². The van der Waals surface area contributed by atoms with Gasteiger partial charge in [-0.15, -0.1) is 0 Å². The maximum absolute atomic E-state index is 13.4. The molecule has 0 unspecified atom stereocenters. The minimum absolute atomic E-state index is 0.0635. The van der Waals surface area contributed by atoms with Gasteiger partial charge in [0.15, 0.2) is 0 Å². The zero-order chi connectivity index (χ0) is 22.1. The number of fused-ring (bicyclic) bond motifs is 1. The number of carbonyl (C=O) groups is 3. The molecule has 0 spiro atoms. The van der Waals surface area contributed by atoms with Crippen LogP contribution in [-0.2, 0) is 9.59 Å². The molecule has 1 aromatic carbocycles. The zero-order valence-corrected chi connectivity index (χ0v) is 17.8. The summed E-state index contributed by atoms with van der Waals surface area (Å²) >= 11 is 0. The van der Waals surface area contributed by atoms with Gasteiger partial charge in [-0.25, -0.2) is 4.79 Å². The summed E-state index contributed by atoms with van der Waals surface area (Å²) in [5.74, 6) is -0.329. The second-order valence-electron chi connectivity index (χ2n) is 9.19. The van der Waals surface area contributed by atoms with Gasteiger partial charge in [0, 0.05) is 25.0 Å². The van der Waals surface area contributed by atoms with Gasteiger partial charge in [0.25, 0.3) is 0 Å². The maximum Gasteiger partial charge on any atom is 0.405 e. The second kappa shape index (κ2) is 8.86. The van der Waals surface area contributed by atoms with E-state index in [0.29, 0.717) is 32.4 Å². The Kier molecular flexibility index (Phi) is 6.18. The highest BCUT2D eigenvalue weighted by Gasteiger charge is 2.47. The van der Waals surface area contributed by atoms with Gasteiger partial charge in [-0.2, -0.15) is 0 Å². The third-order valence-electron chi connectivity index (χ3n) is 7.19. The summed E-state index contributed by atoms with van der Waals surface area (Å²) < 4.78 is 0. The molecule has 3 aliphatic rings. The molecule has 8 nitrogen and oxygen atoms in total. The Balaban J connectivity index is 1.51. The van der Waals surface area contributed by atoms with Crippen molar-refractivity contribution in [2.24, 2.45) is 5.92 Å². The molecule has 3 fully saturated rings. The van der Waals surface area contributed by atoms with Crippen LogP contribution in [0.5, 0.6) is 0 Å². The van der Waals surface area contributed by atoms with Crippen molar-refractivity contribution in [3.8, 4) is 0 Å². The predicted octanol–water partition coefficient (Wildman–Crippen LogP) is 1.79. The van der Waals surface area contributed by atoms with E-state index in [9.17, 15) is 24.6 Å². The zero-order valence-electron chi connectivity index (χ0n) is 17.8. The molecule has 3 heterocycles. The fourth-order valence-electron chi connectivity index (χ4n) is 5.45. The third kappa shape index (κ3) is 4.39. The Bertz CT molecular complexity index is 832. The lowest BCUT2D eigenvalue weighted by Gasteiger charge is -2.39. The topological polar surface area (TPSA) is 110 Å². The maximum atomic E-state index is 13.4. The number of amides is 3. The largest absolute Gasteiger partial charge is 0.465 e. The molecule has 31 heavy (non-hydrogen) atoms. The van der Waals surface area contributed by atoms with Crippen LogP contribution in [0.1, 0.15) is 50.5 Å². The summed E-state index contributed by atoms with van der Waals surface area (Å²) in [5, 5.41) is 22.1. The minimum atomic E-state index is -1.27. The van der Waals surface area contributed by atoms with Crippen LogP contribution in [0.25, 0.3) is 0 Å². The Hall–Kier alpha value is -2.61. The van der Waals surface area contributed by atoms with E-state index in [1.807, 2.05) is 30.0 Å². The van der Waals surface area contributed by atoms with Gasteiger partial charge in [-0.1, -0.05) is 37.3 Å². The van der Waals surface area contributed by atoms with Crippen LogP contribution >= 0.6 is 0 Å². The quantitative estimate of drug-likeness (QED) is 0.679. The van der Waals surface area contributed by atoms with Crippen molar-refractivity contribution in [3.63, 3.8) is 0 Å². The minimum Gasteiger partial charge on any atom is -0.465 e. The highest BCUT2D eigenvalue weighted by molar-refractivity contribution is 5.92. The molecule has 3 aliphatic heterocycles. The van der Waals surface area contributed by atoms with Gasteiger partial charge in [0.1, 0.15) is 12.1 Å². The van der Waals surface area contributed by atoms with Crippen molar-refractivity contribution in [3.05, 3.63) is 35.9 Å². The first-order valence-electron chi connectivity index (χ1n) is 11.2. The first kappa shape index (κ1) is 21.6. The molecule has 3 amide bonds. The van der Waals surface area contributed by atoms with Crippen molar-refractivity contribution in [2.75, 3.05) is 13.1 Å². The molecule has 0 aliphatic carbocycles. The van der Waals surface area contributed by atoms with Gasteiger partial charge in [0.2, 0.25) is 11.8 Å². The lowest BCUT2D eigenvalue weighted by atomic mass is 9.88. The Morgan fingerprint density at radius 1 is 1.10 bits per heavy atom. The van der Waals surface area contributed by atoms with E-state index in [1.165, 1.54) is 5.56 Å². The van der Waals surface area contributed by atoms with Crippen molar-refractivity contribution in [2.45, 2.75) is 69.2 Å². The molecule has 6 atom stereocenters. The Morgan fingerprint density at radius 3 is 2.55 bits per heavy atom. The molecule has 4 rings (SSSR count). The number of aliphatic hydroxyl groups is 1. The molecule has 8 heteroatoms. The Morgan fingerprint density at radius 2 is 1.84 bits per heavy atom. The van der Waals surface area contributed by atoms with Crippen LogP contribution in [0, 0.1) is 5.92 Å². The molecule has 3 N–H and O–H groups in total. The fourth-order valence-corrected chi connectivity index (χ4v) is 5.45. The van der Waals surface area contributed by atoms with Crippen LogP contribution in [0.15, 0.2) is 30.3 Å². The lowest BCUT2D eigenvalue weighted by molar-refractivity contribution is -0.148. The van der Waals surface area contributed by atoms with Crippen LogP contribution in [0.2, 0.25) is 0 Å². The van der Waals surface area contributed by atoms with Crippen LogP contribution in [0.3, 0.4) is 0 Å². The van der Waals surface area contributed by atoms with E-state index in [4.69, 9.17) is 0 Å². The second-order valence-corrected chi connectivity index (χ2v) is 9.19. The number of rotatable bonds is 3. The number of nitrogens with zero attached hydrogens (tertiary/aromatic N) is 2. The molecular formula is C23H31N3O5. The number of likely N-dealkylation sites (tertiary alicyclic amines) is 1. The summed E-state index contributed by atoms with van der Waals surface area (Å²) in [5.41, 5.74) is 1.22. The first-order valence-corrected chi connectivity index (χ1v) is 11.2. The third-order valence-corrected chi connectivity index (χ3v) is 7.19. The molecule has 0 bridgehead atoms. The summed E-state index contributed by atoms with van der Waals surface area (Å²) in [6.45, 7) is 3.11. The number of nitrogens with one attached hydrogen (secondary N) is 1. The predicted molar refractivity (Wildman–Crippen MR) is 113 cm³/mol. The average Bonchev–Trinajstić information content (AvgIpc) is 3.39. The molecule has 0 saturated carbocycles. The van der Waals surface area contributed by atoms with Crippen LogP contribution in [-0.4, -0.2) is 75.2 Å². The summed E-state index contributed by atoms with van der Waals surface area (Å²) in [4.78, 5) is 41.4. The normalized spacial score (nSPS) is 33.5. The smallest absolute Gasteiger partial charge is 0.405 e. The molecular weight excluding hydrogens is 398 g/mol. The van der Waals surface area contributed by atoms with E-state index in [2.05, 4.69) is 17.4 Å². The molecule has 0 radical (unpaired) electrons. The number of aliphatic hydroxyl groups excluding tert-OH is 1. The van der Waals surface area contributed by atoms with E-state index in [1.54, 1.807) is 4.90 Å². The van der Waals surface area contributed by atoms with Crippen molar-refractivity contribution in [1.82, 2.24) is 15.1 Å². The van der Waals surface area contributed by atoms with Gasteiger partial charge < -0.3 is 25.3 Å². The highest BCUT2D eigenvalue weighted by Crippen LogP contribution is 2.35. The van der Waals surface area contributed by atoms with Gasteiger partial charge >= 0.3 is 6.09 Å². The van der Waals surface area contributed by atoms with Crippen LogP contribution < -0.4 is 5.32 Å². The van der Waals surface area contributed by atoms with Gasteiger partial charge in [-0.3, -0.25) is 9.59 Å². The van der Waals surface area contributed by atoms with E-state index in [0.717, 1.165) is 6.42 Å². The van der Waals surface area contributed by atoms with Crippen molar-refractivity contribution in [1.29, 1.82) is 0 Å². The molecule has 0 aromatic heterocycles. The number of carbonyl (C=O) groups excluding carboxylic acids is 2. The van der Waals surface area contributed by atoms with E-state index in [-0.39, 0.29) is 36.1 Å². The molecule has 168 valence electrons. The monoisotopic (exact) mass is 429 g/mol. The first-order chi connectivity index (χ1) is 14.8. The lowest BCUT2D eigenvalue weighted by Crippen LogP contribution is -2.58. The number of benzene rings is 1. The summed E-state index contributed by atoms with van der Waals surface area (Å²) in [6.07, 6.45) is 0.800. The highest BCUT2D eigenvalue weighted by atomic mass is 16.4. The standard InChI is InChI=1S/C23H31N3O5/c1-14-11-18(24-23(30)31)21(28)26-17(12-20(14)27)7-8-19(26)22(29)25-10-9-16(13-25)15-5-3-2-4-6-15/h2-6,14,16-20,24,27H,7-13H2,1H3,(H,30,31)/t14-,16-,17-,18+,19+,20-/m1/s1. The van der Waals surface area contributed by atoms with Gasteiger partial charge in [-0.05, 0) is 43.6 Å². The van der Waals surface area contributed by atoms with E-state index < -0.39 is 24.3 Å². The van der Waals surface area contributed by atoms with Gasteiger partial charge in [0.05, 0.1) is 6.10 Å². The fraction of sp³-hybridized carbons (Fsp3) is 0.609. The molecule has 3 saturated heterocycles. The summed E-state index contributed by atoms with van der Waals surface area (Å²) in [6, 6.07) is 8.35. The SMILES string of the molecule is C[C@@H]1C[C@H](NC(=O)O)C(=O)N2[C@H](CC[C@H]2C(=O)N2CC[C@@H](c3ccccc3)C2)C[C@H]1O. The average molecular weight is 430 g/mol.